The smallest absolute Gasteiger partial charge is 0.308 e. The van der Waals surface area contributed by atoms with Gasteiger partial charge in [-0.1, -0.05) is 24.3 Å². The number of hydrazone groups is 1. The van der Waals surface area contributed by atoms with Crippen LogP contribution in [0.3, 0.4) is 0 Å². The number of benzene rings is 3. The summed E-state index contributed by atoms with van der Waals surface area (Å²) < 4.78 is 7.46. The maximum absolute atomic E-state index is 12.8. The van der Waals surface area contributed by atoms with Crippen LogP contribution in [0.2, 0.25) is 0 Å². The predicted octanol–water partition coefficient (Wildman–Crippen LogP) is 3.99. The Morgan fingerprint density at radius 3 is 2.25 bits per heavy atom. The van der Waals surface area contributed by atoms with Gasteiger partial charge in [-0.15, -0.1) is 0 Å². The molecule has 1 amide bonds. The van der Waals surface area contributed by atoms with E-state index in [9.17, 15) is 14.4 Å². The molecule has 8 heteroatoms. The molecule has 1 heterocycles. The molecule has 1 aromatic heterocycles. The zero-order chi connectivity index (χ0) is 22.7. The van der Waals surface area contributed by atoms with Gasteiger partial charge < -0.3 is 9.30 Å². The van der Waals surface area contributed by atoms with Crippen LogP contribution in [0, 0.1) is 0 Å². The summed E-state index contributed by atoms with van der Waals surface area (Å²) in [6, 6.07) is 19.5. The number of hydrogen-bond acceptors (Lipinski definition) is 5. The molecule has 4 rings (SSSR count). The molecular formula is C24H18BrN3O4. The van der Waals surface area contributed by atoms with Gasteiger partial charge in [-0.05, 0) is 64.0 Å². The number of carbonyl (C=O) groups excluding carboxylic acids is 2. The third kappa shape index (κ3) is 4.45. The number of halogens is 1. The molecule has 0 spiro atoms. The number of nitrogens with zero attached hydrogens (tertiary/aromatic N) is 2. The van der Waals surface area contributed by atoms with E-state index in [0.29, 0.717) is 37.6 Å². The van der Waals surface area contributed by atoms with Crippen LogP contribution in [-0.2, 0) is 16.1 Å². The Morgan fingerprint density at radius 1 is 1.03 bits per heavy atom. The third-order valence-electron chi connectivity index (χ3n) is 4.79. The monoisotopic (exact) mass is 491 g/mol. The number of amides is 1. The van der Waals surface area contributed by atoms with E-state index >= 15 is 0 Å². The maximum atomic E-state index is 12.8. The molecule has 0 atom stereocenters. The van der Waals surface area contributed by atoms with Crippen molar-refractivity contribution in [1.29, 1.82) is 0 Å². The van der Waals surface area contributed by atoms with E-state index < -0.39 is 5.97 Å². The fraction of sp³-hybridized carbons (Fsp3) is 0.0833. The molecule has 0 fully saturated rings. The molecule has 32 heavy (non-hydrogen) atoms. The summed E-state index contributed by atoms with van der Waals surface area (Å²) in [5, 5.41) is 5.13. The van der Waals surface area contributed by atoms with Crippen molar-refractivity contribution < 1.29 is 14.3 Å². The number of esters is 1. The van der Waals surface area contributed by atoms with Crippen molar-refractivity contribution in [3.8, 4) is 5.75 Å². The fourth-order valence-corrected chi connectivity index (χ4v) is 3.92. The number of aromatic nitrogens is 1. The summed E-state index contributed by atoms with van der Waals surface area (Å²) in [5.74, 6) is -0.353. The Kier molecular flexibility index (Phi) is 6.13. The first-order chi connectivity index (χ1) is 15.4. The van der Waals surface area contributed by atoms with Gasteiger partial charge in [0.2, 0.25) is 0 Å². The first-order valence-corrected chi connectivity index (χ1v) is 10.5. The summed E-state index contributed by atoms with van der Waals surface area (Å²) in [7, 11) is 0. The third-order valence-corrected chi connectivity index (χ3v) is 5.41. The number of pyridine rings is 1. The molecule has 0 saturated heterocycles. The Labute approximate surface area is 191 Å². The van der Waals surface area contributed by atoms with Gasteiger partial charge in [0.1, 0.15) is 12.3 Å². The van der Waals surface area contributed by atoms with Crippen molar-refractivity contribution in [3.63, 3.8) is 0 Å². The lowest BCUT2D eigenvalue weighted by Gasteiger charge is -2.14. The highest BCUT2D eigenvalue weighted by atomic mass is 79.9. The van der Waals surface area contributed by atoms with Crippen molar-refractivity contribution in [1.82, 2.24) is 9.99 Å². The van der Waals surface area contributed by atoms with E-state index in [1.807, 2.05) is 24.3 Å². The molecule has 160 valence electrons. The standard InChI is InChI=1S/C24H18BrN3O4/c1-15(29)32-22-11-10-16(12-19(22)25)13-26-27-23(30)14-28-20-8-4-2-6-17(20)24(31)18-7-3-5-9-21(18)28/h2-13H,14H2,1H3,(H,27,30)/b26-13-. The van der Waals surface area contributed by atoms with Gasteiger partial charge in [-0.2, -0.15) is 5.10 Å². The highest BCUT2D eigenvalue weighted by Gasteiger charge is 2.12. The Balaban J connectivity index is 1.56. The number of hydrogen-bond donors (Lipinski definition) is 1. The van der Waals surface area contributed by atoms with E-state index in [1.54, 1.807) is 47.0 Å². The van der Waals surface area contributed by atoms with Gasteiger partial charge in [-0.3, -0.25) is 14.4 Å². The number of rotatable bonds is 5. The molecule has 1 N–H and O–H groups in total. The Morgan fingerprint density at radius 2 is 1.66 bits per heavy atom. The first kappa shape index (κ1) is 21.5. The molecule has 3 aromatic carbocycles. The predicted molar refractivity (Wildman–Crippen MR) is 127 cm³/mol. The molecule has 0 bridgehead atoms. The lowest BCUT2D eigenvalue weighted by molar-refractivity contribution is -0.132. The van der Waals surface area contributed by atoms with E-state index in [-0.39, 0.29) is 17.9 Å². The number of ether oxygens (including phenoxy) is 1. The van der Waals surface area contributed by atoms with Crippen molar-refractivity contribution in [2.24, 2.45) is 5.10 Å². The van der Waals surface area contributed by atoms with Gasteiger partial charge in [-0.25, -0.2) is 5.43 Å². The first-order valence-electron chi connectivity index (χ1n) is 9.74. The fourth-order valence-electron chi connectivity index (χ4n) is 3.44. The average molecular weight is 492 g/mol. The van der Waals surface area contributed by atoms with E-state index in [2.05, 4.69) is 26.5 Å². The molecule has 0 aliphatic carbocycles. The quantitative estimate of drug-likeness (QED) is 0.150. The lowest BCUT2D eigenvalue weighted by Crippen LogP contribution is -2.25. The van der Waals surface area contributed by atoms with Crippen LogP contribution < -0.4 is 15.6 Å². The number of carbonyl (C=O) groups is 2. The molecular weight excluding hydrogens is 474 g/mol. The van der Waals surface area contributed by atoms with E-state index in [1.165, 1.54) is 13.1 Å². The second-order valence-corrected chi connectivity index (χ2v) is 7.88. The molecule has 0 radical (unpaired) electrons. The summed E-state index contributed by atoms with van der Waals surface area (Å²) in [6.07, 6.45) is 1.49. The van der Waals surface area contributed by atoms with Crippen molar-refractivity contribution >= 4 is 55.8 Å². The van der Waals surface area contributed by atoms with Gasteiger partial charge in [0.05, 0.1) is 21.7 Å². The summed E-state index contributed by atoms with van der Waals surface area (Å²) in [5.41, 5.74) is 4.52. The van der Waals surface area contributed by atoms with Crippen LogP contribution >= 0.6 is 15.9 Å². The molecule has 7 nitrogen and oxygen atoms in total. The van der Waals surface area contributed by atoms with E-state index in [4.69, 9.17) is 4.74 Å². The Bertz CT molecular complexity index is 1380. The number of nitrogens with one attached hydrogen (secondary N) is 1. The normalized spacial score (nSPS) is 11.2. The molecule has 0 aliphatic rings. The van der Waals surface area contributed by atoms with Gasteiger partial charge >= 0.3 is 5.97 Å². The second kappa shape index (κ2) is 9.15. The molecule has 4 aromatic rings. The van der Waals surface area contributed by atoms with E-state index in [0.717, 1.165) is 0 Å². The van der Waals surface area contributed by atoms with Crippen molar-refractivity contribution in [3.05, 3.63) is 87.0 Å². The minimum atomic E-state index is -0.415. The molecule has 0 unspecified atom stereocenters. The van der Waals surface area contributed by atoms with Crippen LogP contribution in [0.4, 0.5) is 0 Å². The Hall–Kier alpha value is -3.78. The summed E-state index contributed by atoms with van der Waals surface area (Å²) in [6.45, 7) is 1.32. The summed E-state index contributed by atoms with van der Waals surface area (Å²) in [4.78, 5) is 36.5. The van der Waals surface area contributed by atoms with Crippen molar-refractivity contribution in [2.45, 2.75) is 13.5 Å². The van der Waals surface area contributed by atoms with Crippen LogP contribution in [0.15, 0.2) is 81.1 Å². The molecule has 0 aliphatic heterocycles. The number of fused-ring (bicyclic) bond motifs is 2. The zero-order valence-electron chi connectivity index (χ0n) is 17.0. The largest absolute Gasteiger partial charge is 0.426 e. The van der Waals surface area contributed by atoms with Crippen LogP contribution in [0.25, 0.3) is 21.8 Å². The van der Waals surface area contributed by atoms with Crippen LogP contribution in [0.1, 0.15) is 12.5 Å². The minimum absolute atomic E-state index is 0.00622. The van der Waals surface area contributed by atoms with Crippen LogP contribution in [0.5, 0.6) is 5.75 Å². The molecule has 0 saturated carbocycles. The maximum Gasteiger partial charge on any atom is 0.308 e. The summed E-state index contributed by atoms with van der Waals surface area (Å²) >= 11 is 3.34. The highest BCUT2D eigenvalue weighted by Crippen LogP contribution is 2.25. The second-order valence-electron chi connectivity index (χ2n) is 7.03. The van der Waals surface area contributed by atoms with Gasteiger partial charge in [0.15, 0.2) is 5.43 Å². The van der Waals surface area contributed by atoms with Crippen LogP contribution in [-0.4, -0.2) is 22.7 Å². The minimum Gasteiger partial charge on any atom is -0.426 e. The zero-order valence-corrected chi connectivity index (χ0v) is 18.6. The average Bonchev–Trinajstić information content (AvgIpc) is 2.78. The van der Waals surface area contributed by atoms with Gasteiger partial charge in [0.25, 0.3) is 5.91 Å². The van der Waals surface area contributed by atoms with Gasteiger partial charge in [0, 0.05) is 17.7 Å². The SMILES string of the molecule is CC(=O)Oc1ccc(/C=N\NC(=O)Cn2c3ccccc3c(=O)c3ccccc32)cc1Br. The highest BCUT2D eigenvalue weighted by molar-refractivity contribution is 9.10. The lowest BCUT2D eigenvalue weighted by atomic mass is 10.1. The number of para-hydroxylation sites is 2. The van der Waals surface area contributed by atoms with Crippen molar-refractivity contribution in [2.75, 3.05) is 0 Å². The topological polar surface area (TPSA) is 89.8 Å².